The molecule has 0 spiro atoms. The van der Waals surface area contributed by atoms with Crippen LogP contribution in [0.5, 0.6) is 5.75 Å². The van der Waals surface area contributed by atoms with Crippen LogP contribution in [0.1, 0.15) is 46.3 Å². The van der Waals surface area contributed by atoms with E-state index < -0.39 is 0 Å². The van der Waals surface area contributed by atoms with Gasteiger partial charge in [-0.15, -0.1) is 0 Å². The summed E-state index contributed by atoms with van der Waals surface area (Å²) in [7, 11) is 0. The Morgan fingerprint density at radius 2 is 1.80 bits per heavy atom. The van der Waals surface area contributed by atoms with Gasteiger partial charge in [0.15, 0.2) is 0 Å². The largest absolute Gasteiger partial charge is 0.507 e. The molecule has 1 fully saturated rings. The summed E-state index contributed by atoms with van der Waals surface area (Å²) in [5.74, 6) is -0.218. The maximum atomic E-state index is 12.4. The Hall–Kier alpha value is -2.33. The van der Waals surface area contributed by atoms with Gasteiger partial charge in [-0.05, 0) is 61.7 Å². The summed E-state index contributed by atoms with van der Waals surface area (Å²) in [6.45, 7) is 5.59. The number of aromatic hydroxyl groups is 1. The smallest absolute Gasteiger partial charge is 0.255 e. The normalized spacial score (nSPS) is 15.1. The van der Waals surface area contributed by atoms with Gasteiger partial charge >= 0.3 is 0 Å². The van der Waals surface area contributed by atoms with Crippen LogP contribution in [0.2, 0.25) is 0 Å². The number of hydrogen-bond acceptors (Lipinski definition) is 3. The lowest BCUT2D eigenvalue weighted by atomic mass is 10.0. The van der Waals surface area contributed by atoms with Crippen LogP contribution in [-0.2, 0) is 13.1 Å². The first-order valence-corrected chi connectivity index (χ1v) is 9.00. The Morgan fingerprint density at radius 1 is 1.08 bits per heavy atom. The number of hydrogen-bond donors (Lipinski definition) is 2. The first-order valence-electron chi connectivity index (χ1n) is 9.00. The van der Waals surface area contributed by atoms with Crippen molar-refractivity contribution < 1.29 is 9.90 Å². The minimum atomic E-state index is -0.245. The highest BCUT2D eigenvalue weighted by atomic mass is 16.3. The fraction of sp³-hybridized carbons (Fsp3) is 0.381. The number of carbonyl (C=O) groups excluding carboxylic acids is 1. The summed E-state index contributed by atoms with van der Waals surface area (Å²) >= 11 is 0. The van der Waals surface area contributed by atoms with Crippen molar-refractivity contribution in [2.45, 2.75) is 39.3 Å². The van der Waals surface area contributed by atoms with Crippen LogP contribution in [0.3, 0.4) is 0 Å². The fourth-order valence-electron chi connectivity index (χ4n) is 3.35. The molecular formula is C21H26N2O2. The summed E-state index contributed by atoms with van der Waals surface area (Å²) < 4.78 is 0. The third-order valence-corrected chi connectivity index (χ3v) is 4.80. The van der Waals surface area contributed by atoms with Gasteiger partial charge in [0.05, 0.1) is 5.56 Å². The lowest BCUT2D eigenvalue weighted by Crippen LogP contribution is -2.30. The maximum absolute atomic E-state index is 12.4. The van der Waals surface area contributed by atoms with Gasteiger partial charge in [-0.3, -0.25) is 9.69 Å². The zero-order valence-electron chi connectivity index (χ0n) is 14.8. The number of nitrogens with one attached hydrogen (secondary N) is 1. The molecule has 0 aliphatic carbocycles. The van der Waals surface area contributed by atoms with Crippen molar-refractivity contribution in [1.29, 1.82) is 0 Å². The van der Waals surface area contributed by atoms with E-state index in [0.717, 1.165) is 30.8 Å². The molecule has 3 rings (SSSR count). The molecule has 4 nitrogen and oxygen atoms in total. The Labute approximate surface area is 149 Å². The molecule has 2 aromatic rings. The average Bonchev–Trinajstić information content (AvgIpc) is 2.61. The van der Waals surface area contributed by atoms with E-state index in [4.69, 9.17) is 0 Å². The van der Waals surface area contributed by atoms with Gasteiger partial charge < -0.3 is 10.4 Å². The lowest BCUT2D eigenvalue weighted by molar-refractivity contribution is 0.0948. The van der Waals surface area contributed by atoms with Crippen molar-refractivity contribution >= 4 is 5.91 Å². The van der Waals surface area contributed by atoms with Crippen molar-refractivity contribution in [2.24, 2.45) is 0 Å². The number of amides is 1. The maximum Gasteiger partial charge on any atom is 0.255 e. The standard InChI is InChI=1S/C21H26N2O2/c1-16-9-10-19(20(24)13-16)21(25)22-14-17-7-3-4-8-18(17)15-23-11-5-2-6-12-23/h3-4,7-10,13,24H,2,5-6,11-12,14-15H2,1H3,(H,22,25). The molecule has 0 atom stereocenters. The zero-order chi connectivity index (χ0) is 17.6. The van der Waals surface area contributed by atoms with Crippen molar-refractivity contribution in [1.82, 2.24) is 10.2 Å². The third kappa shape index (κ3) is 4.60. The van der Waals surface area contributed by atoms with Crippen molar-refractivity contribution in [3.05, 3.63) is 64.7 Å². The molecular weight excluding hydrogens is 312 g/mol. The first-order chi connectivity index (χ1) is 12.1. The van der Waals surface area contributed by atoms with Crippen molar-refractivity contribution in [3.63, 3.8) is 0 Å². The Balaban J connectivity index is 1.65. The second-order valence-electron chi connectivity index (χ2n) is 6.81. The second-order valence-corrected chi connectivity index (χ2v) is 6.81. The lowest BCUT2D eigenvalue weighted by Gasteiger charge is -2.27. The fourth-order valence-corrected chi connectivity index (χ4v) is 3.35. The molecule has 132 valence electrons. The Kier molecular flexibility index (Phi) is 5.71. The van der Waals surface area contributed by atoms with Gasteiger partial charge in [0.1, 0.15) is 5.75 Å². The predicted octanol–water partition coefficient (Wildman–Crippen LogP) is 3.62. The first kappa shape index (κ1) is 17.5. The van der Waals surface area contributed by atoms with Gasteiger partial charge in [-0.25, -0.2) is 0 Å². The molecule has 0 unspecified atom stereocenters. The van der Waals surface area contributed by atoms with E-state index >= 15 is 0 Å². The number of piperidine rings is 1. The summed E-state index contributed by atoms with van der Waals surface area (Å²) in [5, 5.41) is 12.9. The summed E-state index contributed by atoms with van der Waals surface area (Å²) in [6.07, 6.45) is 3.87. The quantitative estimate of drug-likeness (QED) is 0.875. The van der Waals surface area contributed by atoms with E-state index in [2.05, 4.69) is 28.4 Å². The van der Waals surface area contributed by atoms with E-state index in [0.29, 0.717) is 12.1 Å². The van der Waals surface area contributed by atoms with Crippen LogP contribution < -0.4 is 5.32 Å². The van der Waals surface area contributed by atoms with Crippen LogP contribution in [0.15, 0.2) is 42.5 Å². The SMILES string of the molecule is Cc1ccc(C(=O)NCc2ccccc2CN2CCCCC2)c(O)c1. The molecule has 0 radical (unpaired) electrons. The molecule has 2 N–H and O–H groups in total. The molecule has 25 heavy (non-hydrogen) atoms. The third-order valence-electron chi connectivity index (χ3n) is 4.80. The minimum Gasteiger partial charge on any atom is -0.507 e. The average molecular weight is 338 g/mol. The zero-order valence-corrected chi connectivity index (χ0v) is 14.8. The molecule has 0 bridgehead atoms. The summed E-state index contributed by atoms with van der Waals surface area (Å²) in [6, 6.07) is 13.4. The van der Waals surface area contributed by atoms with Crippen LogP contribution >= 0.6 is 0 Å². The molecule has 2 aromatic carbocycles. The minimum absolute atomic E-state index is 0.0269. The molecule has 1 aliphatic heterocycles. The number of phenols is 1. The van der Waals surface area contributed by atoms with Gasteiger partial charge in [-0.1, -0.05) is 36.8 Å². The van der Waals surface area contributed by atoms with E-state index in [1.807, 2.05) is 19.1 Å². The molecule has 0 aromatic heterocycles. The van der Waals surface area contributed by atoms with E-state index in [9.17, 15) is 9.90 Å². The molecule has 4 heteroatoms. The van der Waals surface area contributed by atoms with Crippen LogP contribution in [-0.4, -0.2) is 29.0 Å². The molecule has 1 aliphatic rings. The monoisotopic (exact) mass is 338 g/mol. The predicted molar refractivity (Wildman–Crippen MR) is 99.6 cm³/mol. The topological polar surface area (TPSA) is 52.6 Å². The number of nitrogens with zero attached hydrogens (tertiary/aromatic N) is 1. The number of benzene rings is 2. The van der Waals surface area contributed by atoms with Crippen molar-refractivity contribution in [2.75, 3.05) is 13.1 Å². The van der Waals surface area contributed by atoms with Crippen LogP contribution in [0, 0.1) is 6.92 Å². The van der Waals surface area contributed by atoms with Gasteiger partial charge in [0.25, 0.3) is 5.91 Å². The number of likely N-dealkylation sites (tertiary alicyclic amines) is 1. The van der Waals surface area contributed by atoms with E-state index in [1.165, 1.54) is 24.8 Å². The van der Waals surface area contributed by atoms with Crippen LogP contribution in [0.25, 0.3) is 0 Å². The number of rotatable bonds is 5. The van der Waals surface area contributed by atoms with Gasteiger partial charge in [0.2, 0.25) is 0 Å². The highest BCUT2D eigenvalue weighted by Gasteiger charge is 2.14. The number of phenolic OH excluding ortho intramolecular Hbond substituents is 1. The Bertz CT molecular complexity index is 736. The number of carbonyl (C=O) groups is 1. The van der Waals surface area contributed by atoms with Gasteiger partial charge in [-0.2, -0.15) is 0 Å². The molecule has 1 amide bonds. The van der Waals surface area contributed by atoms with Crippen molar-refractivity contribution in [3.8, 4) is 5.75 Å². The second kappa shape index (κ2) is 8.17. The van der Waals surface area contributed by atoms with Gasteiger partial charge in [0, 0.05) is 13.1 Å². The summed E-state index contributed by atoms with van der Waals surface area (Å²) in [5.41, 5.74) is 3.64. The van der Waals surface area contributed by atoms with Crippen LogP contribution in [0.4, 0.5) is 0 Å². The Morgan fingerprint density at radius 3 is 2.52 bits per heavy atom. The highest BCUT2D eigenvalue weighted by molar-refractivity contribution is 5.96. The van der Waals surface area contributed by atoms with E-state index in [1.54, 1.807) is 12.1 Å². The molecule has 1 saturated heterocycles. The summed E-state index contributed by atoms with van der Waals surface area (Å²) in [4.78, 5) is 14.9. The molecule has 0 saturated carbocycles. The number of aryl methyl sites for hydroxylation is 1. The van der Waals surface area contributed by atoms with E-state index in [-0.39, 0.29) is 11.7 Å². The highest BCUT2D eigenvalue weighted by Crippen LogP contribution is 2.19. The molecule has 1 heterocycles.